The monoisotopic (exact) mass is 801 g/mol. The molecule has 0 bridgehead atoms. The summed E-state index contributed by atoms with van der Waals surface area (Å²) in [5.41, 5.74) is 12.1. The van der Waals surface area contributed by atoms with Crippen molar-refractivity contribution in [2.75, 3.05) is 0 Å². The molecule has 0 amide bonds. The van der Waals surface area contributed by atoms with E-state index >= 15 is 0 Å². The second kappa shape index (κ2) is 31.1. The third kappa shape index (κ3) is 24.6. The van der Waals surface area contributed by atoms with Gasteiger partial charge in [0.25, 0.3) is 0 Å². The van der Waals surface area contributed by atoms with E-state index in [1.165, 1.54) is 133 Å². The molecule has 13 N–H and O–H groups in total. The van der Waals surface area contributed by atoms with Crippen LogP contribution < -0.4 is 32.5 Å². The molecule has 3 aliphatic carbocycles. The number of hydrogen-bond donors (Lipinski definition) is 3. The average molecular weight is 803 g/mol. The summed E-state index contributed by atoms with van der Waals surface area (Å²) in [6.07, 6.45) is 21.1. The SMILES string of the molecule is O.O.O=C([O-])c1ccccc1Cl.O=C([O-])c1ccccc1Cl.O=C([O-])c1ccccc1Cl.[NH3+]C1CCCCC1.[NH3+]C1CCCCC1.[NH3+]C1CCCCC1. The molecule has 298 valence electrons. The number of quaternary nitrogens is 3. The van der Waals surface area contributed by atoms with E-state index in [1.54, 1.807) is 36.4 Å². The van der Waals surface area contributed by atoms with Gasteiger partial charge in [0.1, 0.15) is 0 Å². The van der Waals surface area contributed by atoms with Crippen molar-refractivity contribution in [2.24, 2.45) is 0 Å². The van der Waals surface area contributed by atoms with E-state index in [4.69, 9.17) is 34.8 Å². The molecular weight excluding hydrogens is 745 g/mol. The maximum atomic E-state index is 10.2. The van der Waals surface area contributed by atoms with Crippen LogP contribution in [-0.2, 0) is 0 Å². The van der Waals surface area contributed by atoms with Crippen molar-refractivity contribution < 1.29 is 57.9 Å². The molecule has 3 aromatic carbocycles. The number of benzene rings is 3. The van der Waals surface area contributed by atoms with Crippen LogP contribution in [-0.4, -0.2) is 47.0 Å². The number of carboxylic acid groups (broad SMARTS) is 3. The summed E-state index contributed by atoms with van der Waals surface area (Å²) >= 11 is 16.5. The third-order valence-electron chi connectivity index (χ3n) is 8.46. The van der Waals surface area contributed by atoms with Gasteiger partial charge in [0.15, 0.2) is 0 Å². The van der Waals surface area contributed by atoms with E-state index in [1.807, 2.05) is 0 Å². The molecule has 14 heteroatoms. The molecule has 0 atom stereocenters. The molecule has 0 heterocycles. The first-order chi connectivity index (χ1) is 24.3. The second-order valence-corrected chi connectivity index (χ2v) is 14.0. The minimum atomic E-state index is -1.24. The number of carboxylic acids is 3. The van der Waals surface area contributed by atoms with Gasteiger partial charge in [-0.05, 0) is 95.2 Å². The Morgan fingerprint density at radius 1 is 0.415 bits per heavy atom. The van der Waals surface area contributed by atoms with Gasteiger partial charge < -0.3 is 57.9 Å². The number of aromatic carboxylic acids is 3. The Morgan fingerprint density at radius 2 is 0.604 bits per heavy atom. The molecule has 0 saturated heterocycles. The highest BCUT2D eigenvalue weighted by atomic mass is 35.5. The lowest BCUT2D eigenvalue weighted by Crippen LogP contribution is -2.61. The van der Waals surface area contributed by atoms with Gasteiger partial charge in [-0.25, -0.2) is 0 Å². The fourth-order valence-corrected chi connectivity index (χ4v) is 6.08. The molecule has 0 aliphatic heterocycles. The zero-order chi connectivity index (χ0) is 38.0. The average Bonchev–Trinajstić information content (AvgIpc) is 3.11. The Morgan fingerprint density at radius 3 is 0.717 bits per heavy atom. The smallest absolute Gasteiger partial charge is 0.0843 e. The van der Waals surface area contributed by atoms with E-state index in [0.717, 1.165) is 18.1 Å². The van der Waals surface area contributed by atoms with Crippen molar-refractivity contribution in [3.63, 3.8) is 0 Å². The predicted octanol–water partition coefficient (Wildman–Crippen LogP) is 2.14. The highest BCUT2D eigenvalue weighted by Crippen LogP contribution is 2.16. The summed E-state index contributed by atoms with van der Waals surface area (Å²) in [5.74, 6) is -3.73. The number of carbonyl (C=O) groups excluding carboxylic acids is 3. The summed E-state index contributed by atoms with van der Waals surface area (Å²) in [5, 5.41) is 31.3. The zero-order valence-corrected chi connectivity index (χ0v) is 32.7. The van der Waals surface area contributed by atoms with E-state index in [-0.39, 0.29) is 42.7 Å². The molecule has 6 rings (SSSR count). The van der Waals surface area contributed by atoms with Gasteiger partial charge in [0, 0.05) is 31.8 Å². The predicted molar refractivity (Wildman–Crippen MR) is 204 cm³/mol. The number of carbonyl (C=O) groups is 3. The van der Waals surface area contributed by atoms with Crippen molar-refractivity contribution in [3.05, 3.63) is 105 Å². The Labute approximate surface area is 328 Å². The lowest BCUT2D eigenvalue weighted by atomic mass is 9.97. The summed E-state index contributed by atoms with van der Waals surface area (Å²) < 4.78 is 0. The first-order valence-corrected chi connectivity index (χ1v) is 18.8. The maximum Gasteiger partial charge on any atom is 0.0843 e. The lowest BCUT2D eigenvalue weighted by molar-refractivity contribution is -0.425. The molecular formula is C39H58Cl3N3O8. The fraction of sp³-hybridized carbons (Fsp3) is 0.462. The van der Waals surface area contributed by atoms with Crippen LogP contribution in [0.3, 0.4) is 0 Å². The van der Waals surface area contributed by atoms with Crippen LogP contribution in [0.5, 0.6) is 0 Å². The topological polar surface area (TPSA) is 266 Å². The molecule has 3 saturated carbocycles. The van der Waals surface area contributed by atoms with Gasteiger partial charge in [-0.1, -0.05) is 109 Å². The van der Waals surface area contributed by atoms with E-state index < -0.39 is 17.9 Å². The molecule has 0 spiro atoms. The molecule has 3 aromatic rings. The number of rotatable bonds is 3. The summed E-state index contributed by atoms with van der Waals surface area (Å²) in [6.45, 7) is 0. The van der Waals surface area contributed by atoms with Gasteiger partial charge in [0.05, 0.1) is 36.0 Å². The van der Waals surface area contributed by atoms with Crippen LogP contribution in [0.15, 0.2) is 72.8 Å². The van der Waals surface area contributed by atoms with Crippen LogP contribution in [0.1, 0.15) is 127 Å². The molecule has 53 heavy (non-hydrogen) atoms. The Balaban J connectivity index is 0. The van der Waals surface area contributed by atoms with Crippen LogP contribution in [0.2, 0.25) is 15.1 Å². The molecule has 3 fully saturated rings. The molecule has 0 radical (unpaired) electrons. The van der Waals surface area contributed by atoms with Gasteiger partial charge in [-0.3, -0.25) is 0 Å². The largest absolute Gasteiger partial charge is 0.545 e. The van der Waals surface area contributed by atoms with Crippen LogP contribution in [0, 0.1) is 0 Å². The highest BCUT2D eigenvalue weighted by molar-refractivity contribution is 6.34. The first-order valence-electron chi connectivity index (χ1n) is 17.7. The third-order valence-corrected chi connectivity index (χ3v) is 9.44. The van der Waals surface area contributed by atoms with E-state index in [9.17, 15) is 29.7 Å². The quantitative estimate of drug-likeness (QED) is 0.357. The van der Waals surface area contributed by atoms with Crippen LogP contribution >= 0.6 is 34.8 Å². The minimum absolute atomic E-state index is 0. The molecule has 0 unspecified atom stereocenters. The highest BCUT2D eigenvalue weighted by Gasteiger charge is 2.11. The summed E-state index contributed by atoms with van der Waals surface area (Å²) in [6, 6.07) is 20.8. The van der Waals surface area contributed by atoms with E-state index in [0.29, 0.717) is 0 Å². The molecule has 3 aliphatic rings. The van der Waals surface area contributed by atoms with Crippen LogP contribution in [0.25, 0.3) is 0 Å². The summed E-state index contributed by atoms with van der Waals surface area (Å²) in [7, 11) is 0. The van der Waals surface area contributed by atoms with Crippen molar-refractivity contribution in [1.29, 1.82) is 0 Å². The Kier molecular flexibility index (Phi) is 30.4. The zero-order valence-electron chi connectivity index (χ0n) is 30.5. The Hall–Kier alpha value is -3.26. The normalized spacial score (nSPS) is 15.3. The minimum Gasteiger partial charge on any atom is -0.545 e. The van der Waals surface area contributed by atoms with Crippen molar-refractivity contribution in [1.82, 2.24) is 0 Å². The number of halogens is 3. The maximum absolute atomic E-state index is 10.2. The molecule has 0 aromatic heterocycles. The van der Waals surface area contributed by atoms with Crippen molar-refractivity contribution >= 4 is 52.7 Å². The van der Waals surface area contributed by atoms with Crippen molar-refractivity contribution in [2.45, 2.75) is 114 Å². The second-order valence-electron chi connectivity index (χ2n) is 12.8. The van der Waals surface area contributed by atoms with Gasteiger partial charge in [-0.15, -0.1) is 0 Å². The van der Waals surface area contributed by atoms with Gasteiger partial charge >= 0.3 is 0 Å². The lowest BCUT2D eigenvalue weighted by Gasteiger charge is -2.12. The molecule has 11 nitrogen and oxygen atoms in total. The standard InChI is InChI=1S/3C7H5ClO2.3C6H13N.2H2O/c3*8-6-4-2-1-3-5(6)7(9)10;3*7-6-4-2-1-3-5-6;;/h3*1-4H,(H,9,10);3*6H,1-5,7H2;2*1H2. The van der Waals surface area contributed by atoms with Gasteiger partial charge in [0.2, 0.25) is 0 Å². The number of hydrogen-bond acceptors (Lipinski definition) is 6. The fourth-order valence-electron chi connectivity index (χ4n) is 5.44. The van der Waals surface area contributed by atoms with Gasteiger partial charge in [-0.2, -0.15) is 0 Å². The summed E-state index contributed by atoms with van der Waals surface area (Å²) in [4.78, 5) is 30.7. The first kappa shape index (κ1) is 51.8. The van der Waals surface area contributed by atoms with Crippen LogP contribution in [0.4, 0.5) is 0 Å². The Bertz CT molecular complexity index is 1260. The van der Waals surface area contributed by atoms with Crippen molar-refractivity contribution in [3.8, 4) is 0 Å². The van der Waals surface area contributed by atoms with E-state index in [2.05, 4.69) is 17.2 Å².